The van der Waals surface area contributed by atoms with Crippen LogP contribution in [-0.2, 0) is 29.4 Å². The number of allylic oxidation sites excluding steroid dienone is 4. The number of hydrogen-bond acceptors (Lipinski definition) is 7. The number of benzene rings is 3. The first-order valence-electron chi connectivity index (χ1n) is 16.3. The van der Waals surface area contributed by atoms with Crippen LogP contribution in [0.1, 0.15) is 48.3 Å². The van der Waals surface area contributed by atoms with Crippen LogP contribution in [0, 0.1) is 23.7 Å². The van der Waals surface area contributed by atoms with Crippen LogP contribution in [0.15, 0.2) is 95.0 Å². The molecular formula is C39H34BrNO8. The van der Waals surface area contributed by atoms with Crippen molar-refractivity contribution in [3.05, 3.63) is 112 Å². The van der Waals surface area contributed by atoms with Crippen LogP contribution >= 0.6 is 15.9 Å². The molecule has 49 heavy (non-hydrogen) atoms. The molecule has 1 saturated carbocycles. The van der Waals surface area contributed by atoms with E-state index in [1.807, 2.05) is 42.5 Å². The molecule has 1 heterocycles. The maximum atomic E-state index is 15.1. The first-order chi connectivity index (χ1) is 23.6. The van der Waals surface area contributed by atoms with Crippen molar-refractivity contribution < 1.29 is 38.9 Å². The largest absolute Gasteiger partial charge is 0.504 e. The number of imide groups is 1. The number of aromatic hydroxyl groups is 1. The summed E-state index contributed by atoms with van der Waals surface area (Å²) in [6, 6.07) is 21.5. The van der Waals surface area contributed by atoms with Crippen molar-refractivity contribution in [1.82, 2.24) is 4.90 Å². The molecule has 9 nitrogen and oxygen atoms in total. The number of carboxylic acid groups (broad SMARTS) is 1. The SMILES string of the molecule is COc1cc(Br)cc(C2C3=CCC4C(=O)N(CCCC(=O)O)C(=O)C4C3CC3C(=O)C(c4ccccc4)=CC(=O)C32c2ccccc2)c1O. The molecule has 2 N–H and O–H groups in total. The van der Waals surface area contributed by atoms with Crippen molar-refractivity contribution >= 4 is 50.9 Å². The highest BCUT2D eigenvalue weighted by molar-refractivity contribution is 9.10. The Labute approximate surface area is 291 Å². The summed E-state index contributed by atoms with van der Waals surface area (Å²) in [5.74, 6) is -6.28. The van der Waals surface area contributed by atoms with E-state index in [4.69, 9.17) is 4.74 Å². The molecule has 1 saturated heterocycles. The fourth-order valence-electron chi connectivity index (χ4n) is 8.86. The normalized spacial score (nSPS) is 27.6. The zero-order valence-electron chi connectivity index (χ0n) is 26.7. The fraction of sp³-hybridized carbons (Fsp3) is 0.308. The van der Waals surface area contributed by atoms with Crippen LogP contribution in [0.25, 0.3) is 5.57 Å². The van der Waals surface area contributed by atoms with Crippen LogP contribution in [0.3, 0.4) is 0 Å². The van der Waals surface area contributed by atoms with E-state index in [9.17, 15) is 29.4 Å². The lowest BCUT2D eigenvalue weighted by atomic mass is 9.44. The summed E-state index contributed by atoms with van der Waals surface area (Å²) in [6.07, 6.45) is 3.65. The number of ether oxygens (including phenoxy) is 1. The van der Waals surface area contributed by atoms with E-state index in [2.05, 4.69) is 15.9 Å². The van der Waals surface area contributed by atoms with E-state index in [1.165, 1.54) is 18.1 Å². The molecular weight excluding hydrogens is 690 g/mol. The molecule has 2 amide bonds. The summed E-state index contributed by atoms with van der Waals surface area (Å²) in [5, 5.41) is 21.0. The van der Waals surface area contributed by atoms with Gasteiger partial charge in [-0.05, 0) is 54.5 Å². The molecule has 0 aromatic heterocycles. The summed E-state index contributed by atoms with van der Waals surface area (Å²) in [6.45, 7) is -0.0121. The average molecular weight is 725 g/mol. The molecule has 3 aromatic carbocycles. The Balaban J connectivity index is 1.47. The van der Waals surface area contributed by atoms with Gasteiger partial charge in [0.1, 0.15) is 0 Å². The van der Waals surface area contributed by atoms with Gasteiger partial charge in [-0.15, -0.1) is 0 Å². The van der Waals surface area contributed by atoms with Crippen LogP contribution in [0.2, 0.25) is 0 Å². The molecule has 250 valence electrons. The molecule has 0 bridgehead atoms. The summed E-state index contributed by atoms with van der Waals surface area (Å²) >= 11 is 3.55. The van der Waals surface area contributed by atoms with Gasteiger partial charge in [0.2, 0.25) is 11.8 Å². The van der Waals surface area contributed by atoms with Gasteiger partial charge in [0.25, 0.3) is 0 Å². The second-order valence-electron chi connectivity index (χ2n) is 13.2. The maximum Gasteiger partial charge on any atom is 0.303 e. The van der Waals surface area contributed by atoms with Gasteiger partial charge in [0, 0.05) is 40.4 Å². The van der Waals surface area contributed by atoms with Gasteiger partial charge in [-0.3, -0.25) is 28.9 Å². The Bertz CT molecular complexity index is 1950. The topological polar surface area (TPSA) is 138 Å². The third-order valence-electron chi connectivity index (χ3n) is 10.8. The number of carbonyl (C=O) groups excluding carboxylic acids is 4. The molecule has 6 atom stereocenters. The van der Waals surface area contributed by atoms with Gasteiger partial charge >= 0.3 is 5.97 Å². The van der Waals surface area contributed by atoms with E-state index in [0.29, 0.717) is 26.7 Å². The molecule has 7 rings (SSSR count). The first kappa shape index (κ1) is 32.7. The van der Waals surface area contributed by atoms with E-state index < -0.39 is 46.9 Å². The minimum Gasteiger partial charge on any atom is -0.504 e. The van der Waals surface area contributed by atoms with Gasteiger partial charge in [0.05, 0.1) is 24.4 Å². The Kier molecular flexibility index (Phi) is 8.39. The monoisotopic (exact) mass is 723 g/mol. The van der Waals surface area contributed by atoms with Gasteiger partial charge < -0.3 is 14.9 Å². The third kappa shape index (κ3) is 5.07. The second kappa shape index (κ2) is 12.6. The van der Waals surface area contributed by atoms with Gasteiger partial charge in [-0.1, -0.05) is 88.2 Å². The quantitative estimate of drug-likeness (QED) is 0.218. The van der Waals surface area contributed by atoms with Crippen molar-refractivity contribution in [1.29, 1.82) is 0 Å². The fourth-order valence-corrected chi connectivity index (χ4v) is 9.32. The minimum atomic E-state index is -1.50. The standard InChI is InChI=1S/C39H34BrNO8/c1-49-30-18-23(40)17-28(36(30)46)34-24-14-15-25-33(38(48)41(37(25)47)16-8-13-32(43)44)27(24)19-29-35(45)26(21-9-4-2-5-10-21)20-31(42)39(29,34)22-11-6-3-7-12-22/h2-7,9-12,14,17-18,20,25,27,29,33-34,46H,8,13,15-16,19H2,1H3,(H,43,44). The van der Waals surface area contributed by atoms with Crippen molar-refractivity contribution in [3.63, 3.8) is 0 Å². The van der Waals surface area contributed by atoms with Crippen molar-refractivity contribution in [2.75, 3.05) is 13.7 Å². The number of carboxylic acids is 1. The summed E-state index contributed by atoms with van der Waals surface area (Å²) < 4.78 is 6.13. The van der Waals surface area contributed by atoms with Crippen LogP contribution in [-0.4, -0.2) is 58.1 Å². The molecule has 6 unspecified atom stereocenters. The number of amides is 2. The van der Waals surface area contributed by atoms with Gasteiger partial charge in [-0.2, -0.15) is 0 Å². The number of fused-ring (bicyclic) bond motifs is 4. The Morgan fingerprint density at radius 3 is 2.35 bits per heavy atom. The van der Waals surface area contributed by atoms with Crippen molar-refractivity contribution in [3.8, 4) is 11.5 Å². The van der Waals surface area contributed by atoms with Crippen LogP contribution < -0.4 is 4.74 Å². The first-order valence-corrected chi connectivity index (χ1v) is 17.1. The number of aliphatic carboxylic acids is 1. The molecule has 3 aromatic rings. The van der Waals surface area contributed by atoms with Crippen LogP contribution in [0.5, 0.6) is 11.5 Å². The lowest BCUT2D eigenvalue weighted by Gasteiger charge is -2.55. The number of phenolic OH excluding ortho intramolecular Hbond substituents is 1. The van der Waals surface area contributed by atoms with Gasteiger partial charge in [0.15, 0.2) is 23.1 Å². The van der Waals surface area contributed by atoms with Gasteiger partial charge in [-0.25, -0.2) is 0 Å². The molecule has 0 spiro atoms. The zero-order chi connectivity index (χ0) is 34.6. The Morgan fingerprint density at radius 2 is 1.67 bits per heavy atom. The minimum absolute atomic E-state index is 0.0121. The van der Waals surface area contributed by atoms with E-state index >= 15 is 4.79 Å². The smallest absolute Gasteiger partial charge is 0.303 e. The number of carbonyl (C=O) groups is 5. The third-order valence-corrected chi connectivity index (χ3v) is 11.3. The summed E-state index contributed by atoms with van der Waals surface area (Å²) in [7, 11) is 1.43. The summed E-state index contributed by atoms with van der Waals surface area (Å²) in [4.78, 5) is 70.3. The number of halogens is 1. The number of likely N-dealkylation sites (tertiary alicyclic amines) is 1. The maximum absolute atomic E-state index is 15.1. The number of nitrogens with zero attached hydrogens (tertiary/aromatic N) is 1. The Morgan fingerprint density at radius 1 is 0.980 bits per heavy atom. The Hall–Kier alpha value is -4.83. The number of rotatable bonds is 8. The second-order valence-corrected chi connectivity index (χ2v) is 14.1. The lowest BCUT2D eigenvalue weighted by Crippen LogP contribution is -2.58. The highest BCUT2D eigenvalue weighted by atomic mass is 79.9. The number of methoxy groups -OCH3 is 1. The number of ketones is 2. The molecule has 1 aliphatic heterocycles. The van der Waals surface area contributed by atoms with E-state index in [-0.39, 0.29) is 66.8 Å². The number of phenols is 1. The van der Waals surface area contributed by atoms with E-state index in [0.717, 1.165) is 0 Å². The molecule has 10 heteroatoms. The predicted molar refractivity (Wildman–Crippen MR) is 183 cm³/mol. The lowest BCUT2D eigenvalue weighted by molar-refractivity contribution is -0.142. The highest BCUT2D eigenvalue weighted by Gasteiger charge is 2.66. The van der Waals surface area contributed by atoms with Crippen molar-refractivity contribution in [2.45, 2.75) is 37.0 Å². The molecule has 3 aliphatic carbocycles. The molecule has 0 radical (unpaired) electrons. The summed E-state index contributed by atoms with van der Waals surface area (Å²) in [5.41, 5.74) is 1.06. The average Bonchev–Trinajstić information content (AvgIpc) is 3.35. The predicted octanol–water partition coefficient (Wildman–Crippen LogP) is 5.85. The van der Waals surface area contributed by atoms with Crippen molar-refractivity contribution in [2.24, 2.45) is 23.7 Å². The highest BCUT2D eigenvalue weighted by Crippen LogP contribution is 2.65. The number of Topliss-reactive ketones (excluding diaryl/α,β-unsaturated/α-hetero) is 1. The van der Waals surface area contributed by atoms with E-state index in [1.54, 1.807) is 36.4 Å². The zero-order valence-corrected chi connectivity index (χ0v) is 28.3. The molecule has 2 fully saturated rings. The van der Waals surface area contributed by atoms with Crippen LogP contribution in [0.4, 0.5) is 0 Å². The number of hydrogen-bond donors (Lipinski definition) is 2. The molecule has 4 aliphatic rings.